The fraction of sp³-hybridized carbons (Fsp3) is 0.818. The number of hydrogen-bond acceptors (Lipinski definition) is 6. The van der Waals surface area contributed by atoms with E-state index in [-0.39, 0.29) is 0 Å². The Morgan fingerprint density at radius 3 is 2.29 bits per heavy atom. The van der Waals surface area contributed by atoms with Crippen LogP contribution in [0.15, 0.2) is 11.9 Å². The van der Waals surface area contributed by atoms with Gasteiger partial charge in [0.15, 0.2) is 0 Å². The van der Waals surface area contributed by atoms with E-state index in [0.29, 0.717) is 39.6 Å². The molecular formula is C11H25N3O3. The molecule has 0 amide bonds. The molecule has 0 spiro atoms. The molecule has 0 aromatic heterocycles. The van der Waals surface area contributed by atoms with Gasteiger partial charge in [0.2, 0.25) is 0 Å². The lowest BCUT2D eigenvalue weighted by molar-refractivity contribution is 0.0217. The lowest BCUT2D eigenvalue weighted by atomic mass is 10.4. The molecule has 6 heteroatoms. The molecule has 0 fully saturated rings. The van der Waals surface area contributed by atoms with Crippen LogP contribution in [0.5, 0.6) is 0 Å². The summed E-state index contributed by atoms with van der Waals surface area (Å²) in [6, 6.07) is 0. The van der Waals surface area contributed by atoms with Crippen molar-refractivity contribution in [3.63, 3.8) is 0 Å². The predicted octanol–water partition coefficient (Wildman–Crippen LogP) is 0.0518. The van der Waals surface area contributed by atoms with Crippen LogP contribution in [0.25, 0.3) is 0 Å². The average molecular weight is 247 g/mol. The van der Waals surface area contributed by atoms with E-state index in [9.17, 15) is 0 Å². The van der Waals surface area contributed by atoms with E-state index in [1.54, 1.807) is 13.3 Å². The largest absolute Gasteiger partial charge is 0.401 e. The zero-order valence-electron chi connectivity index (χ0n) is 10.9. The van der Waals surface area contributed by atoms with Gasteiger partial charge in [0.05, 0.1) is 39.6 Å². The minimum atomic E-state index is 0.553. The number of hydrogen-bond donors (Lipinski definition) is 2. The van der Waals surface area contributed by atoms with Gasteiger partial charge in [-0.05, 0) is 6.42 Å². The number of methoxy groups -OCH3 is 1. The van der Waals surface area contributed by atoms with Gasteiger partial charge in [-0.1, -0.05) is 6.92 Å². The maximum absolute atomic E-state index is 5.68. The van der Waals surface area contributed by atoms with Gasteiger partial charge in [-0.2, -0.15) is 0 Å². The van der Waals surface area contributed by atoms with Crippen molar-refractivity contribution in [3.05, 3.63) is 11.9 Å². The van der Waals surface area contributed by atoms with Crippen molar-refractivity contribution < 1.29 is 14.2 Å². The molecule has 0 saturated carbocycles. The Balaban J connectivity index is 3.28. The molecule has 0 aliphatic carbocycles. The molecule has 0 aromatic carbocycles. The second-order valence-corrected chi connectivity index (χ2v) is 3.51. The van der Waals surface area contributed by atoms with E-state index >= 15 is 0 Å². The Labute approximate surface area is 103 Å². The molecular weight excluding hydrogens is 222 g/mol. The Morgan fingerprint density at radius 2 is 1.71 bits per heavy atom. The number of allylic oxidation sites excluding steroid dienone is 1. The maximum Gasteiger partial charge on any atom is 0.0701 e. The molecule has 0 heterocycles. The first-order valence-corrected chi connectivity index (χ1v) is 5.82. The first-order chi connectivity index (χ1) is 8.20. The number of ether oxygens (including phenoxy) is 3. The normalized spacial score (nSPS) is 11.8. The summed E-state index contributed by atoms with van der Waals surface area (Å²) in [6.07, 6.45) is 2.51. The molecule has 0 aliphatic heterocycles. The molecule has 0 unspecified atom stereocenters. The molecule has 102 valence electrons. The molecule has 4 N–H and O–H groups in total. The smallest absolute Gasteiger partial charge is 0.0701 e. The van der Waals surface area contributed by atoms with Crippen molar-refractivity contribution >= 4 is 0 Å². The maximum atomic E-state index is 5.68. The van der Waals surface area contributed by atoms with Crippen LogP contribution in [-0.2, 0) is 14.2 Å². The lowest BCUT2D eigenvalue weighted by Crippen LogP contribution is -2.30. The van der Waals surface area contributed by atoms with Gasteiger partial charge in [-0.3, -0.25) is 0 Å². The summed E-state index contributed by atoms with van der Waals surface area (Å²) in [5.41, 5.74) is 6.40. The molecule has 0 atom stereocenters. The Bertz CT molecular complexity index is 200. The third-order valence-electron chi connectivity index (χ3n) is 2.04. The highest BCUT2D eigenvalue weighted by Gasteiger charge is 1.95. The predicted molar refractivity (Wildman–Crippen MR) is 67.0 cm³/mol. The number of rotatable bonds is 11. The number of nitrogens with zero attached hydrogens (tertiary/aromatic N) is 1. The number of hydrazine groups is 1. The van der Waals surface area contributed by atoms with Gasteiger partial charge in [0.1, 0.15) is 0 Å². The van der Waals surface area contributed by atoms with E-state index in [1.807, 2.05) is 6.92 Å². The topological polar surface area (TPSA) is 83.0 Å². The van der Waals surface area contributed by atoms with E-state index in [2.05, 4.69) is 0 Å². The van der Waals surface area contributed by atoms with Crippen molar-refractivity contribution in [1.29, 1.82) is 0 Å². The number of nitrogens with two attached hydrogens (primary N) is 2. The monoisotopic (exact) mass is 247 g/mol. The van der Waals surface area contributed by atoms with Crippen LogP contribution >= 0.6 is 0 Å². The fourth-order valence-corrected chi connectivity index (χ4v) is 1.00. The minimum absolute atomic E-state index is 0.553. The minimum Gasteiger partial charge on any atom is -0.401 e. The first kappa shape index (κ1) is 16.2. The summed E-state index contributed by atoms with van der Waals surface area (Å²) in [6.45, 7) is 5.48. The summed E-state index contributed by atoms with van der Waals surface area (Å²) in [7, 11) is 1.64. The van der Waals surface area contributed by atoms with E-state index < -0.39 is 0 Å². The average Bonchev–Trinajstić information content (AvgIpc) is 2.32. The zero-order chi connectivity index (χ0) is 12.9. The highest BCUT2D eigenvalue weighted by atomic mass is 16.5. The Hall–Kier alpha value is -0.820. The van der Waals surface area contributed by atoms with Crippen molar-refractivity contribution in [2.24, 2.45) is 11.6 Å². The van der Waals surface area contributed by atoms with Gasteiger partial charge >= 0.3 is 0 Å². The first-order valence-electron chi connectivity index (χ1n) is 5.82. The van der Waals surface area contributed by atoms with Crippen molar-refractivity contribution in [3.8, 4) is 0 Å². The molecule has 0 bridgehead atoms. The standard InChI is InChI=1S/C11H25N3O3/c1-3-11(12)10-14(13)4-5-16-8-9-17-7-6-15-2/h10H,3-9,12-13H2,1-2H3/b11-10-. The molecule has 0 radical (unpaired) electrons. The highest BCUT2D eigenvalue weighted by Crippen LogP contribution is 1.91. The van der Waals surface area contributed by atoms with Gasteiger partial charge < -0.3 is 25.0 Å². The quantitative estimate of drug-likeness (QED) is 0.305. The third kappa shape index (κ3) is 11.4. The van der Waals surface area contributed by atoms with E-state index in [4.69, 9.17) is 25.8 Å². The third-order valence-corrected chi connectivity index (χ3v) is 2.04. The molecule has 17 heavy (non-hydrogen) atoms. The second-order valence-electron chi connectivity index (χ2n) is 3.51. The van der Waals surface area contributed by atoms with Gasteiger partial charge in [0.25, 0.3) is 0 Å². The second kappa shape index (κ2) is 11.7. The van der Waals surface area contributed by atoms with Crippen LogP contribution in [-0.4, -0.2) is 51.7 Å². The highest BCUT2D eigenvalue weighted by molar-refractivity contribution is 4.93. The summed E-state index contributed by atoms with van der Waals surface area (Å²) < 4.78 is 15.4. The summed E-state index contributed by atoms with van der Waals surface area (Å²) in [5, 5.41) is 1.53. The summed E-state index contributed by atoms with van der Waals surface area (Å²) in [5.74, 6) is 5.68. The lowest BCUT2D eigenvalue weighted by Gasteiger charge is -2.14. The van der Waals surface area contributed by atoms with Crippen LogP contribution < -0.4 is 11.6 Å². The van der Waals surface area contributed by atoms with Gasteiger partial charge in [-0.25, -0.2) is 5.84 Å². The zero-order valence-corrected chi connectivity index (χ0v) is 10.9. The van der Waals surface area contributed by atoms with Crippen LogP contribution in [0.2, 0.25) is 0 Å². The van der Waals surface area contributed by atoms with Crippen LogP contribution in [0.4, 0.5) is 0 Å². The van der Waals surface area contributed by atoms with Crippen molar-refractivity contribution in [2.45, 2.75) is 13.3 Å². The van der Waals surface area contributed by atoms with Crippen LogP contribution in [0, 0.1) is 0 Å². The van der Waals surface area contributed by atoms with Crippen molar-refractivity contribution in [2.75, 3.05) is 46.7 Å². The van der Waals surface area contributed by atoms with Crippen LogP contribution in [0.3, 0.4) is 0 Å². The van der Waals surface area contributed by atoms with Crippen LogP contribution in [0.1, 0.15) is 13.3 Å². The summed E-state index contributed by atoms with van der Waals surface area (Å²) >= 11 is 0. The molecule has 0 aromatic rings. The summed E-state index contributed by atoms with van der Waals surface area (Å²) in [4.78, 5) is 0. The molecule has 6 nitrogen and oxygen atoms in total. The fourth-order valence-electron chi connectivity index (χ4n) is 1.00. The molecule has 0 rings (SSSR count). The Kier molecular flexibility index (Phi) is 11.1. The van der Waals surface area contributed by atoms with E-state index in [0.717, 1.165) is 12.1 Å². The van der Waals surface area contributed by atoms with Gasteiger partial charge in [0, 0.05) is 19.0 Å². The van der Waals surface area contributed by atoms with Gasteiger partial charge in [-0.15, -0.1) is 0 Å². The molecule has 0 saturated heterocycles. The Morgan fingerprint density at radius 1 is 1.12 bits per heavy atom. The van der Waals surface area contributed by atoms with Crippen molar-refractivity contribution in [1.82, 2.24) is 5.01 Å². The SMILES string of the molecule is CC/C(N)=C/N(N)CCOCCOCCOC. The molecule has 0 aliphatic rings. The van der Waals surface area contributed by atoms with E-state index in [1.165, 1.54) is 5.01 Å².